The van der Waals surface area contributed by atoms with Crippen LogP contribution in [0.2, 0.25) is 0 Å². The summed E-state index contributed by atoms with van der Waals surface area (Å²) in [6, 6.07) is 6.32. The molecule has 0 unspecified atom stereocenters. The Kier molecular flexibility index (Phi) is 5.01. The fraction of sp³-hybridized carbons (Fsp3) is 0.250. The molecule has 1 aromatic rings. The SMILES string of the molecule is NCc1cccc(C(=O)N(CC(=O)O)CC(=O)O)c1. The van der Waals surface area contributed by atoms with E-state index in [9.17, 15) is 14.4 Å². The Hall–Kier alpha value is -2.41. The number of rotatable bonds is 6. The number of nitrogens with zero attached hydrogens (tertiary/aromatic N) is 1. The molecule has 4 N–H and O–H groups in total. The molecule has 0 radical (unpaired) electrons. The van der Waals surface area contributed by atoms with Crippen LogP contribution < -0.4 is 5.73 Å². The molecule has 0 bridgehead atoms. The van der Waals surface area contributed by atoms with E-state index in [1.54, 1.807) is 12.1 Å². The summed E-state index contributed by atoms with van der Waals surface area (Å²) in [5.74, 6) is -3.20. The minimum atomic E-state index is -1.27. The van der Waals surface area contributed by atoms with Crippen molar-refractivity contribution in [3.05, 3.63) is 35.4 Å². The van der Waals surface area contributed by atoms with Gasteiger partial charge in [0.1, 0.15) is 13.1 Å². The third-order valence-corrected chi connectivity index (χ3v) is 2.35. The summed E-state index contributed by atoms with van der Waals surface area (Å²) in [4.78, 5) is 34.1. The van der Waals surface area contributed by atoms with Crippen molar-refractivity contribution in [3.63, 3.8) is 0 Å². The van der Waals surface area contributed by atoms with Crippen LogP contribution >= 0.6 is 0 Å². The Balaban J connectivity index is 2.96. The Labute approximate surface area is 109 Å². The molecule has 7 nitrogen and oxygen atoms in total. The topological polar surface area (TPSA) is 121 Å². The summed E-state index contributed by atoms with van der Waals surface area (Å²) in [7, 11) is 0. The van der Waals surface area contributed by atoms with Gasteiger partial charge >= 0.3 is 11.9 Å². The Morgan fingerprint density at radius 3 is 2.16 bits per heavy atom. The van der Waals surface area contributed by atoms with E-state index >= 15 is 0 Å². The van der Waals surface area contributed by atoms with Gasteiger partial charge in [-0.05, 0) is 17.7 Å². The van der Waals surface area contributed by atoms with Gasteiger partial charge in [0.2, 0.25) is 0 Å². The van der Waals surface area contributed by atoms with Crippen molar-refractivity contribution in [1.29, 1.82) is 0 Å². The molecular weight excluding hydrogens is 252 g/mol. The summed E-state index contributed by atoms with van der Waals surface area (Å²) >= 11 is 0. The van der Waals surface area contributed by atoms with Crippen LogP contribution in [-0.4, -0.2) is 46.0 Å². The van der Waals surface area contributed by atoms with Crippen LogP contribution in [0.1, 0.15) is 15.9 Å². The lowest BCUT2D eigenvalue weighted by Gasteiger charge is -2.18. The summed E-state index contributed by atoms with van der Waals surface area (Å²) < 4.78 is 0. The fourth-order valence-corrected chi connectivity index (χ4v) is 1.54. The molecule has 0 spiro atoms. The van der Waals surface area contributed by atoms with Gasteiger partial charge in [-0.1, -0.05) is 12.1 Å². The van der Waals surface area contributed by atoms with Crippen LogP contribution in [0.4, 0.5) is 0 Å². The minimum absolute atomic E-state index is 0.213. The summed E-state index contributed by atoms with van der Waals surface area (Å²) in [6.45, 7) is -1.10. The van der Waals surface area contributed by atoms with E-state index in [0.717, 1.165) is 4.90 Å². The Morgan fingerprint density at radius 2 is 1.68 bits per heavy atom. The number of carbonyl (C=O) groups excluding carboxylic acids is 1. The van der Waals surface area contributed by atoms with Gasteiger partial charge in [-0.15, -0.1) is 0 Å². The van der Waals surface area contributed by atoms with E-state index in [1.807, 2.05) is 0 Å². The monoisotopic (exact) mass is 266 g/mol. The second kappa shape index (κ2) is 6.50. The van der Waals surface area contributed by atoms with Gasteiger partial charge in [-0.3, -0.25) is 14.4 Å². The third kappa shape index (κ3) is 4.40. The molecule has 7 heteroatoms. The van der Waals surface area contributed by atoms with Gasteiger partial charge in [0.05, 0.1) is 0 Å². The highest BCUT2D eigenvalue weighted by Crippen LogP contribution is 2.08. The highest BCUT2D eigenvalue weighted by molar-refractivity contribution is 5.97. The first-order valence-electron chi connectivity index (χ1n) is 5.46. The van der Waals surface area contributed by atoms with Gasteiger partial charge in [-0.25, -0.2) is 0 Å². The van der Waals surface area contributed by atoms with Crippen molar-refractivity contribution in [2.75, 3.05) is 13.1 Å². The molecule has 0 saturated heterocycles. The predicted molar refractivity (Wildman–Crippen MR) is 65.5 cm³/mol. The average molecular weight is 266 g/mol. The van der Waals surface area contributed by atoms with Gasteiger partial charge < -0.3 is 20.8 Å². The van der Waals surface area contributed by atoms with Crippen molar-refractivity contribution < 1.29 is 24.6 Å². The zero-order valence-corrected chi connectivity index (χ0v) is 10.1. The second-order valence-corrected chi connectivity index (χ2v) is 3.85. The van der Waals surface area contributed by atoms with Crippen molar-refractivity contribution in [3.8, 4) is 0 Å². The number of carboxylic acids is 2. The van der Waals surface area contributed by atoms with Crippen molar-refractivity contribution in [2.45, 2.75) is 6.54 Å². The number of benzene rings is 1. The molecule has 0 aromatic heterocycles. The summed E-state index contributed by atoms with van der Waals surface area (Å²) in [6.07, 6.45) is 0. The van der Waals surface area contributed by atoms with Crippen molar-refractivity contribution in [1.82, 2.24) is 4.90 Å². The summed E-state index contributed by atoms with van der Waals surface area (Å²) in [5.41, 5.74) is 6.36. The molecule has 1 amide bonds. The van der Waals surface area contributed by atoms with Crippen LogP contribution in [0.25, 0.3) is 0 Å². The van der Waals surface area contributed by atoms with Crippen LogP contribution in [-0.2, 0) is 16.1 Å². The van der Waals surface area contributed by atoms with Crippen molar-refractivity contribution >= 4 is 17.8 Å². The first-order valence-corrected chi connectivity index (χ1v) is 5.46. The number of aliphatic carboxylic acids is 2. The van der Waals surface area contributed by atoms with E-state index in [0.29, 0.717) is 5.56 Å². The normalized spacial score (nSPS) is 9.95. The number of amides is 1. The van der Waals surface area contributed by atoms with E-state index in [2.05, 4.69) is 0 Å². The lowest BCUT2D eigenvalue weighted by molar-refractivity contribution is -0.140. The van der Waals surface area contributed by atoms with Gasteiger partial charge in [0.25, 0.3) is 5.91 Å². The average Bonchev–Trinajstić information content (AvgIpc) is 2.36. The minimum Gasteiger partial charge on any atom is -0.480 e. The quantitative estimate of drug-likeness (QED) is 0.653. The van der Waals surface area contributed by atoms with E-state index in [-0.39, 0.29) is 12.1 Å². The summed E-state index contributed by atoms with van der Waals surface area (Å²) in [5, 5.41) is 17.4. The number of carbonyl (C=O) groups is 3. The van der Waals surface area contributed by atoms with E-state index in [4.69, 9.17) is 15.9 Å². The van der Waals surface area contributed by atoms with Crippen LogP contribution in [0.5, 0.6) is 0 Å². The third-order valence-electron chi connectivity index (χ3n) is 2.35. The highest BCUT2D eigenvalue weighted by Gasteiger charge is 2.21. The zero-order chi connectivity index (χ0) is 14.4. The molecule has 1 aromatic carbocycles. The molecule has 0 aliphatic heterocycles. The van der Waals surface area contributed by atoms with Crippen LogP contribution in [0, 0.1) is 0 Å². The van der Waals surface area contributed by atoms with Crippen LogP contribution in [0.15, 0.2) is 24.3 Å². The van der Waals surface area contributed by atoms with Gasteiger partial charge in [0, 0.05) is 12.1 Å². The highest BCUT2D eigenvalue weighted by atomic mass is 16.4. The predicted octanol–water partition coefficient (Wildman–Crippen LogP) is -0.243. The molecule has 1 rings (SSSR count). The smallest absolute Gasteiger partial charge is 0.323 e. The second-order valence-electron chi connectivity index (χ2n) is 3.85. The Bertz CT molecular complexity index is 485. The molecule has 19 heavy (non-hydrogen) atoms. The van der Waals surface area contributed by atoms with E-state index < -0.39 is 30.9 Å². The zero-order valence-electron chi connectivity index (χ0n) is 10.1. The number of hydrogen-bond donors (Lipinski definition) is 3. The number of carboxylic acid groups (broad SMARTS) is 2. The van der Waals surface area contributed by atoms with Crippen molar-refractivity contribution in [2.24, 2.45) is 5.73 Å². The van der Waals surface area contributed by atoms with E-state index in [1.165, 1.54) is 12.1 Å². The largest absolute Gasteiger partial charge is 0.480 e. The lowest BCUT2D eigenvalue weighted by Crippen LogP contribution is -2.39. The molecule has 0 heterocycles. The molecule has 0 aliphatic rings. The van der Waals surface area contributed by atoms with Gasteiger partial charge in [0.15, 0.2) is 0 Å². The molecule has 102 valence electrons. The molecule has 0 atom stereocenters. The number of nitrogens with two attached hydrogens (primary N) is 1. The Morgan fingerprint density at radius 1 is 1.11 bits per heavy atom. The first-order chi connectivity index (χ1) is 8.93. The molecule has 0 fully saturated rings. The molecule has 0 aliphatic carbocycles. The first kappa shape index (κ1) is 14.7. The lowest BCUT2D eigenvalue weighted by atomic mass is 10.1. The molecule has 0 saturated carbocycles. The van der Waals surface area contributed by atoms with Crippen LogP contribution in [0.3, 0.4) is 0 Å². The maximum absolute atomic E-state index is 12.0. The van der Waals surface area contributed by atoms with Gasteiger partial charge in [-0.2, -0.15) is 0 Å². The fourth-order valence-electron chi connectivity index (χ4n) is 1.54. The standard InChI is InChI=1S/C12H14N2O5/c13-5-8-2-1-3-9(4-8)12(19)14(6-10(15)16)7-11(17)18/h1-4H,5-7,13H2,(H,15,16)(H,17,18). The maximum atomic E-state index is 12.0. The molecular formula is C12H14N2O5. The number of hydrogen-bond acceptors (Lipinski definition) is 4. The maximum Gasteiger partial charge on any atom is 0.323 e.